The second-order valence-corrected chi connectivity index (χ2v) is 6.82. The Morgan fingerprint density at radius 2 is 1.81 bits per heavy atom. The van der Waals surface area contributed by atoms with E-state index in [0.29, 0.717) is 19.3 Å². The number of hydrogen-bond donors (Lipinski definition) is 1. The molecule has 0 aliphatic carbocycles. The molecule has 0 saturated heterocycles. The van der Waals surface area contributed by atoms with Crippen molar-refractivity contribution in [2.24, 2.45) is 0 Å². The van der Waals surface area contributed by atoms with E-state index in [1.165, 1.54) is 11.1 Å². The van der Waals surface area contributed by atoms with Gasteiger partial charge in [0.2, 0.25) is 0 Å². The molecule has 21 heavy (non-hydrogen) atoms. The number of benzene rings is 1. The third-order valence-electron chi connectivity index (χ3n) is 3.23. The van der Waals surface area contributed by atoms with Gasteiger partial charge in [0.1, 0.15) is 12.4 Å². The van der Waals surface area contributed by atoms with Gasteiger partial charge in [-0.2, -0.15) is 0 Å². The van der Waals surface area contributed by atoms with Crippen molar-refractivity contribution in [2.45, 2.75) is 53.0 Å². The Kier molecular flexibility index (Phi) is 7.20. The highest BCUT2D eigenvalue weighted by atomic mass is 16.5. The molecule has 0 saturated carbocycles. The molecule has 1 rings (SSSR count). The topological polar surface area (TPSA) is 30.5 Å². The molecular formula is C18H31NO2. The van der Waals surface area contributed by atoms with Crippen LogP contribution in [0.2, 0.25) is 0 Å². The minimum Gasteiger partial charge on any atom is -0.491 e. The second-order valence-electron chi connectivity index (χ2n) is 6.82. The highest BCUT2D eigenvalue weighted by Gasteiger charge is 2.19. The van der Waals surface area contributed by atoms with E-state index in [1.807, 2.05) is 0 Å². The first kappa shape index (κ1) is 18.0. The largest absolute Gasteiger partial charge is 0.491 e. The van der Waals surface area contributed by atoms with Crippen molar-refractivity contribution >= 4 is 0 Å². The third-order valence-corrected chi connectivity index (χ3v) is 3.23. The van der Waals surface area contributed by atoms with Crippen molar-refractivity contribution < 1.29 is 9.47 Å². The Labute approximate surface area is 130 Å². The summed E-state index contributed by atoms with van der Waals surface area (Å²) in [5, 5.41) is 3.32. The average Bonchev–Trinajstić information content (AvgIpc) is 2.37. The lowest BCUT2D eigenvalue weighted by Crippen LogP contribution is -2.27. The van der Waals surface area contributed by atoms with Gasteiger partial charge >= 0.3 is 0 Å². The number of aryl methyl sites for hydroxylation is 1. The molecule has 0 spiro atoms. The standard InChI is InChI=1S/C18H31NO2/c1-14(2)19-9-10-20-11-12-21-17-8-7-15(3)13-16(17)18(4,5)6/h7-8,13-14,19H,9-12H2,1-6H3. The molecule has 1 aromatic rings. The van der Waals surface area contributed by atoms with Crippen LogP contribution in [0.3, 0.4) is 0 Å². The van der Waals surface area contributed by atoms with Gasteiger partial charge in [-0.25, -0.2) is 0 Å². The predicted octanol–water partition coefficient (Wildman–Crippen LogP) is 3.69. The highest BCUT2D eigenvalue weighted by molar-refractivity contribution is 5.41. The third kappa shape index (κ3) is 6.96. The minimum absolute atomic E-state index is 0.0867. The van der Waals surface area contributed by atoms with Gasteiger partial charge in [0.05, 0.1) is 13.2 Å². The lowest BCUT2D eigenvalue weighted by molar-refractivity contribution is 0.100. The average molecular weight is 293 g/mol. The molecular weight excluding hydrogens is 262 g/mol. The van der Waals surface area contributed by atoms with Gasteiger partial charge in [0.25, 0.3) is 0 Å². The van der Waals surface area contributed by atoms with Crippen LogP contribution in [0.4, 0.5) is 0 Å². The van der Waals surface area contributed by atoms with E-state index in [0.717, 1.165) is 18.9 Å². The summed E-state index contributed by atoms with van der Waals surface area (Å²) in [4.78, 5) is 0. The van der Waals surface area contributed by atoms with Gasteiger partial charge in [-0.15, -0.1) is 0 Å². The van der Waals surface area contributed by atoms with Crippen LogP contribution in [0.1, 0.15) is 45.7 Å². The summed E-state index contributed by atoms with van der Waals surface area (Å²) < 4.78 is 11.5. The lowest BCUT2D eigenvalue weighted by atomic mass is 9.85. The van der Waals surface area contributed by atoms with Crippen LogP contribution in [0.5, 0.6) is 5.75 Å². The summed E-state index contributed by atoms with van der Waals surface area (Å²) in [5.41, 5.74) is 2.61. The van der Waals surface area contributed by atoms with Crippen molar-refractivity contribution in [2.75, 3.05) is 26.4 Å². The van der Waals surface area contributed by atoms with Gasteiger partial charge in [0, 0.05) is 12.6 Å². The van der Waals surface area contributed by atoms with E-state index in [1.54, 1.807) is 0 Å². The molecule has 0 unspecified atom stereocenters. The van der Waals surface area contributed by atoms with E-state index in [9.17, 15) is 0 Å². The molecule has 120 valence electrons. The Balaban J connectivity index is 2.39. The molecule has 0 aromatic heterocycles. The van der Waals surface area contributed by atoms with Crippen molar-refractivity contribution in [1.29, 1.82) is 0 Å². The summed E-state index contributed by atoms with van der Waals surface area (Å²) in [5.74, 6) is 0.969. The molecule has 1 aromatic carbocycles. The van der Waals surface area contributed by atoms with Crippen LogP contribution in [-0.2, 0) is 10.2 Å². The summed E-state index contributed by atoms with van der Waals surface area (Å²) in [7, 11) is 0. The molecule has 3 heteroatoms. The first-order chi connectivity index (χ1) is 9.80. The lowest BCUT2D eigenvalue weighted by Gasteiger charge is -2.23. The Morgan fingerprint density at radius 1 is 1.10 bits per heavy atom. The normalized spacial score (nSPS) is 12.0. The zero-order valence-corrected chi connectivity index (χ0v) is 14.5. The molecule has 0 amide bonds. The summed E-state index contributed by atoms with van der Waals surface area (Å²) >= 11 is 0. The van der Waals surface area contributed by atoms with Crippen molar-refractivity contribution in [3.8, 4) is 5.75 Å². The molecule has 1 N–H and O–H groups in total. The summed E-state index contributed by atoms with van der Waals surface area (Å²) in [6.07, 6.45) is 0. The van der Waals surface area contributed by atoms with Crippen molar-refractivity contribution in [3.63, 3.8) is 0 Å². The smallest absolute Gasteiger partial charge is 0.123 e. The van der Waals surface area contributed by atoms with Gasteiger partial charge in [-0.1, -0.05) is 52.3 Å². The van der Waals surface area contributed by atoms with E-state index in [-0.39, 0.29) is 5.41 Å². The SMILES string of the molecule is Cc1ccc(OCCOCCNC(C)C)c(C(C)(C)C)c1. The molecule has 0 aliphatic rings. The van der Waals surface area contributed by atoms with Gasteiger partial charge in [0.15, 0.2) is 0 Å². The zero-order chi connectivity index (χ0) is 15.9. The first-order valence-electron chi connectivity index (χ1n) is 7.86. The Bertz CT molecular complexity index is 422. The number of ether oxygens (including phenoxy) is 2. The van der Waals surface area contributed by atoms with Crippen molar-refractivity contribution in [1.82, 2.24) is 5.32 Å². The number of nitrogens with one attached hydrogen (secondary N) is 1. The maximum absolute atomic E-state index is 5.90. The monoisotopic (exact) mass is 293 g/mol. The Hall–Kier alpha value is -1.06. The predicted molar refractivity (Wildman–Crippen MR) is 89.3 cm³/mol. The minimum atomic E-state index is 0.0867. The fourth-order valence-corrected chi connectivity index (χ4v) is 2.09. The van der Waals surface area contributed by atoms with Crippen LogP contribution in [0, 0.1) is 6.92 Å². The number of hydrogen-bond acceptors (Lipinski definition) is 3. The number of rotatable bonds is 8. The van der Waals surface area contributed by atoms with E-state index < -0.39 is 0 Å². The Morgan fingerprint density at radius 3 is 2.43 bits per heavy atom. The van der Waals surface area contributed by atoms with Gasteiger partial charge in [-0.05, 0) is 24.0 Å². The molecule has 0 atom stereocenters. The molecule has 0 fully saturated rings. The highest BCUT2D eigenvalue weighted by Crippen LogP contribution is 2.32. The summed E-state index contributed by atoms with van der Waals surface area (Å²) in [6.45, 7) is 15.8. The fraction of sp³-hybridized carbons (Fsp3) is 0.667. The van der Waals surface area contributed by atoms with Crippen LogP contribution < -0.4 is 10.1 Å². The van der Waals surface area contributed by atoms with Crippen LogP contribution in [0.15, 0.2) is 18.2 Å². The molecule has 3 nitrogen and oxygen atoms in total. The zero-order valence-electron chi connectivity index (χ0n) is 14.5. The van der Waals surface area contributed by atoms with E-state index in [2.05, 4.69) is 65.1 Å². The van der Waals surface area contributed by atoms with Crippen LogP contribution in [-0.4, -0.2) is 32.4 Å². The second kappa shape index (κ2) is 8.40. The summed E-state index contributed by atoms with van der Waals surface area (Å²) in [6, 6.07) is 6.88. The van der Waals surface area contributed by atoms with Gasteiger partial charge < -0.3 is 14.8 Å². The van der Waals surface area contributed by atoms with Crippen LogP contribution >= 0.6 is 0 Å². The molecule has 0 aliphatic heterocycles. The molecule has 0 radical (unpaired) electrons. The molecule has 0 heterocycles. The quantitative estimate of drug-likeness (QED) is 0.742. The van der Waals surface area contributed by atoms with Gasteiger partial charge in [-0.3, -0.25) is 0 Å². The van der Waals surface area contributed by atoms with Crippen LogP contribution in [0.25, 0.3) is 0 Å². The fourth-order valence-electron chi connectivity index (χ4n) is 2.09. The van der Waals surface area contributed by atoms with E-state index >= 15 is 0 Å². The maximum atomic E-state index is 5.90. The molecule has 0 bridgehead atoms. The van der Waals surface area contributed by atoms with E-state index in [4.69, 9.17) is 9.47 Å². The van der Waals surface area contributed by atoms with Crippen molar-refractivity contribution in [3.05, 3.63) is 29.3 Å². The first-order valence-corrected chi connectivity index (χ1v) is 7.86. The maximum Gasteiger partial charge on any atom is 0.123 e.